The van der Waals surface area contributed by atoms with E-state index in [1.165, 1.54) is 18.2 Å². The molecule has 82 valence electrons. The molecule has 3 nitrogen and oxygen atoms in total. The maximum Gasteiger partial charge on any atom is 0.227 e. The third kappa shape index (κ3) is 2.94. The zero-order valence-electron chi connectivity index (χ0n) is 8.88. The van der Waals surface area contributed by atoms with Crippen LogP contribution in [0.5, 0.6) is 0 Å². The van der Waals surface area contributed by atoms with E-state index < -0.39 is 5.82 Å². The first-order valence-electron chi connectivity index (χ1n) is 4.90. The lowest BCUT2D eigenvalue weighted by Gasteiger charge is -2.11. The Morgan fingerprint density at radius 3 is 2.80 bits per heavy atom. The van der Waals surface area contributed by atoms with Gasteiger partial charge < -0.3 is 11.1 Å². The second-order valence-corrected chi connectivity index (χ2v) is 3.53. The lowest BCUT2D eigenvalue weighted by molar-refractivity contribution is -0.119. The first-order valence-corrected chi connectivity index (χ1v) is 4.90. The Labute approximate surface area is 88.5 Å². The predicted molar refractivity (Wildman–Crippen MR) is 58.9 cm³/mol. The molecule has 0 bridgehead atoms. The van der Waals surface area contributed by atoms with E-state index in [1.54, 1.807) is 0 Å². The largest absolute Gasteiger partial charge is 0.397 e. The summed E-state index contributed by atoms with van der Waals surface area (Å²) in [5, 5.41) is 2.66. The van der Waals surface area contributed by atoms with E-state index in [4.69, 9.17) is 5.73 Å². The van der Waals surface area contributed by atoms with Gasteiger partial charge in [0.1, 0.15) is 5.82 Å². The van der Waals surface area contributed by atoms with E-state index in [0.29, 0.717) is 5.69 Å². The van der Waals surface area contributed by atoms with Crippen molar-refractivity contribution in [1.82, 2.24) is 0 Å². The second-order valence-electron chi connectivity index (χ2n) is 3.53. The molecule has 15 heavy (non-hydrogen) atoms. The average molecular weight is 210 g/mol. The van der Waals surface area contributed by atoms with Gasteiger partial charge in [0.05, 0.1) is 11.4 Å². The summed E-state index contributed by atoms with van der Waals surface area (Å²) in [4.78, 5) is 11.5. The molecule has 0 aliphatic heterocycles. The van der Waals surface area contributed by atoms with E-state index in [9.17, 15) is 9.18 Å². The van der Waals surface area contributed by atoms with E-state index in [-0.39, 0.29) is 17.5 Å². The van der Waals surface area contributed by atoms with E-state index in [2.05, 4.69) is 5.32 Å². The van der Waals surface area contributed by atoms with Gasteiger partial charge >= 0.3 is 0 Å². The molecular formula is C11H15FN2O. The highest BCUT2D eigenvalue weighted by atomic mass is 19.1. The Balaban J connectivity index is 2.77. The first kappa shape index (κ1) is 11.5. The Kier molecular flexibility index (Phi) is 3.66. The van der Waals surface area contributed by atoms with Gasteiger partial charge in [-0.1, -0.05) is 13.8 Å². The summed E-state index contributed by atoms with van der Waals surface area (Å²) >= 11 is 0. The summed E-state index contributed by atoms with van der Waals surface area (Å²) in [5.41, 5.74) is 6.26. The predicted octanol–water partition coefficient (Wildman–Crippen LogP) is 2.39. The Bertz CT molecular complexity index is 366. The van der Waals surface area contributed by atoms with Crippen molar-refractivity contribution in [3.8, 4) is 0 Å². The Hall–Kier alpha value is -1.58. The second kappa shape index (κ2) is 4.77. The first-order chi connectivity index (χ1) is 7.04. The molecule has 1 aromatic carbocycles. The minimum absolute atomic E-state index is 0.0746. The number of rotatable bonds is 3. The van der Waals surface area contributed by atoms with E-state index in [1.807, 2.05) is 13.8 Å². The van der Waals surface area contributed by atoms with Crippen LogP contribution in [0.15, 0.2) is 18.2 Å². The molecule has 0 radical (unpaired) electrons. The molecule has 0 aromatic heterocycles. The maximum atomic E-state index is 12.7. The molecule has 1 atom stereocenters. The molecule has 1 unspecified atom stereocenters. The summed E-state index contributed by atoms with van der Waals surface area (Å²) < 4.78 is 12.7. The van der Waals surface area contributed by atoms with Gasteiger partial charge in [0.15, 0.2) is 0 Å². The van der Waals surface area contributed by atoms with Crippen LogP contribution in [0.25, 0.3) is 0 Å². The van der Waals surface area contributed by atoms with Crippen molar-refractivity contribution < 1.29 is 9.18 Å². The van der Waals surface area contributed by atoms with Crippen LogP contribution < -0.4 is 11.1 Å². The van der Waals surface area contributed by atoms with Crippen LogP contribution in [0.3, 0.4) is 0 Å². The number of halogens is 1. The molecule has 0 aliphatic carbocycles. The van der Waals surface area contributed by atoms with Gasteiger partial charge in [-0.2, -0.15) is 0 Å². The molecule has 4 heteroatoms. The number of hydrogen-bond donors (Lipinski definition) is 2. The SMILES string of the molecule is CCC(C)C(=O)Nc1ccc(F)cc1N. The monoisotopic (exact) mass is 210 g/mol. The normalized spacial score (nSPS) is 12.2. The summed E-state index contributed by atoms with van der Waals surface area (Å²) in [7, 11) is 0. The summed E-state index contributed by atoms with van der Waals surface area (Å²) in [5.74, 6) is -0.584. The number of nitrogen functional groups attached to an aromatic ring is 1. The fourth-order valence-corrected chi connectivity index (χ4v) is 1.09. The molecule has 0 aliphatic rings. The zero-order chi connectivity index (χ0) is 11.4. The Morgan fingerprint density at radius 1 is 1.60 bits per heavy atom. The minimum Gasteiger partial charge on any atom is -0.397 e. The van der Waals surface area contributed by atoms with Crippen LogP contribution in [-0.2, 0) is 4.79 Å². The third-order valence-corrected chi connectivity index (χ3v) is 2.33. The lowest BCUT2D eigenvalue weighted by atomic mass is 10.1. The molecule has 0 saturated carbocycles. The number of benzene rings is 1. The fraction of sp³-hybridized carbons (Fsp3) is 0.364. The van der Waals surface area contributed by atoms with Crippen LogP contribution in [0.1, 0.15) is 20.3 Å². The molecule has 0 heterocycles. The molecule has 1 aromatic rings. The van der Waals surface area contributed by atoms with Crippen molar-refractivity contribution in [3.05, 3.63) is 24.0 Å². The number of amides is 1. The van der Waals surface area contributed by atoms with Crippen LogP contribution in [-0.4, -0.2) is 5.91 Å². The standard InChI is InChI=1S/C11H15FN2O/c1-3-7(2)11(15)14-10-5-4-8(12)6-9(10)13/h4-7H,3,13H2,1-2H3,(H,14,15). The summed E-state index contributed by atoms with van der Waals surface area (Å²) in [6, 6.07) is 3.92. The van der Waals surface area contributed by atoms with Crippen LogP contribution >= 0.6 is 0 Å². The van der Waals surface area contributed by atoms with Crippen molar-refractivity contribution in [2.75, 3.05) is 11.1 Å². The van der Waals surface area contributed by atoms with Gasteiger partial charge in [0.25, 0.3) is 0 Å². The highest BCUT2D eigenvalue weighted by Gasteiger charge is 2.11. The van der Waals surface area contributed by atoms with Crippen LogP contribution in [0.4, 0.5) is 15.8 Å². The van der Waals surface area contributed by atoms with Gasteiger partial charge in [0.2, 0.25) is 5.91 Å². The van der Waals surface area contributed by atoms with Crippen LogP contribution in [0.2, 0.25) is 0 Å². The van der Waals surface area contributed by atoms with Gasteiger partial charge in [-0.05, 0) is 24.6 Å². The van der Waals surface area contributed by atoms with Crippen molar-refractivity contribution in [3.63, 3.8) is 0 Å². The van der Waals surface area contributed by atoms with Gasteiger partial charge in [-0.25, -0.2) is 4.39 Å². The van der Waals surface area contributed by atoms with Gasteiger partial charge in [-0.3, -0.25) is 4.79 Å². The number of hydrogen-bond acceptors (Lipinski definition) is 2. The molecule has 0 fully saturated rings. The van der Waals surface area contributed by atoms with Crippen LogP contribution in [0, 0.1) is 11.7 Å². The topological polar surface area (TPSA) is 55.1 Å². The maximum absolute atomic E-state index is 12.7. The molecule has 0 saturated heterocycles. The number of carbonyl (C=O) groups is 1. The highest BCUT2D eigenvalue weighted by molar-refractivity contribution is 5.95. The van der Waals surface area contributed by atoms with Gasteiger partial charge in [-0.15, -0.1) is 0 Å². The van der Waals surface area contributed by atoms with Gasteiger partial charge in [0, 0.05) is 5.92 Å². The molecule has 1 amide bonds. The average Bonchev–Trinajstić information content (AvgIpc) is 2.20. The number of anilines is 2. The third-order valence-electron chi connectivity index (χ3n) is 2.33. The zero-order valence-corrected chi connectivity index (χ0v) is 8.88. The fourth-order valence-electron chi connectivity index (χ4n) is 1.09. The lowest BCUT2D eigenvalue weighted by Crippen LogP contribution is -2.20. The number of nitrogens with one attached hydrogen (secondary N) is 1. The van der Waals surface area contributed by atoms with Crippen molar-refractivity contribution in [2.45, 2.75) is 20.3 Å². The molecule has 0 spiro atoms. The minimum atomic E-state index is -0.408. The molecular weight excluding hydrogens is 195 g/mol. The highest BCUT2D eigenvalue weighted by Crippen LogP contribution is 2.20. The van der Waals surface area contributed by atoms with E-state index >= 15 is 0 Å². The molecule has 1 rings (SSSR count). The Morgan fingerprint density at radius 2 is 2.27 bits per heavy atom. The quantitative estimate of drug-likeness (QED) is 0.752. The smallest absolute Gasteiger partial charge is 0.227 e. The number of nitrogens with two attached hydrogens (primary N) is 1. The molecule has 3 N–H and O–H groups in total. The summed E-state index contributed by atoms with van der Waals surface area (Å²) in [6.45, 7) is 3.76. The van der Waals surface area contributed by atoms with Crippen molar-refractivity contribution >= 4 is 17.3 Å². The van der Waals surface area contributed by atoms with Crippen molar-refractivity contribution in [2.24, 2.45) is 5.92 Å². The number of carbonyl (C=O) groups excluding carboxylic acids is 1. The van der Waals surface area contributed by atoms with E-state index in [0.717, 1.165) is 6.42 Å². The van der Waals surface area contributed by atoms with Crippen molar-refractivity contribution in [1.29, 1.82) is 0 Å². The summed E-state index contributed by atoms with van der Waals surface area (Å²) in [6.07, 6.45) is 0.757.